The summed E-state index contributed by atoms with van der Waals surface area (Å²) in [5, 5.41) is 14.6. The molecule has 1 atom stereocenters. The zero-order valence-corrected chi connectivity index (χ0v) is 14.5. The van der Waals surface area contributed by atoms with Crippen molar-refractivity contribution >= 4 is 17.6 Å². The lowest BCUT2D eigenvalue weighted by Gasteiger charge is -2.27. The Bertz CT molecular complexity index is 682. The maximum absolute atomic E-state index is 13.9. The molecule has 1 amide bonds. The molecule has 0 saturated heterocycles. The zero-order valence-electron chi connectivity index (χ0n) is 14.5. The van der Waals surface area contributed by atoms with E-state index < -0.39 is 23.2 Å². The summed E-state index contributed by atoms with van der Waals surface area (Å²) >= 11 is 0. The van der Waals surface area contributed by atoms with Crippen LogP contribution in [0.15, 0.2) is 12.1 Å². The van der Waals surface area contributed by atoms with Gasteiger partial charge < -0.3 is 15.4 Å². The predicted octanol–water partition coefficient (Wildman–Crippen LogP) is 2.39. The minimum atomic E-state index is -0.993. The van der Waals surface area contributed by atoms with Gasteiger partial charge in [-0.2, -0.15) is 5.26 Å². The maximum Gasteiger partial charge on any atom is 0.338 e. The molecule has 0 heterocycles. The third-order valence-electron chi connectivity index (χ3n) is 3.99. The number of esters is 1. The molecular weight excluding hydrogens is 313 g/mol. The first-order valence-electron chi connectivity index (χ1n) is 7.49. The first-order chi connectivity index (χ1) is 11.1. The van der Waals surface area contributed by atoms with Crippen molar-refractivity contribution in [1.82, 2.24) is 5.32 Å². The van der Waals surface area contributed by atoms with E-state index in [4.69, 9.17) is 0 Å². The Morgan fingerprint density at radius 2 is 2.04 bits per heavy atom. The highest BCUT2D eigenvalue weighted by Gasteiger charge is 2.29. The standard InChI is InChI=1S/C17H22FN3O3/c1-10(2)17(4,9-19)21-15(22)8-20-14-7-12(16(23)24-5)6-13(18)11(14)3/h6-7,10,20H,8H2,1-5H3,(H,21,22). The van der Waals surface area contributed by atoms with Crippen LogP contribution < -0.4 is 10.6 Å². The van der Waals surface area contributed by atoms with Crippen LogP contribution in [-0.4, -0.2) is 31.1 Å². The number of amides is 1. The summed E-state index contributed by atoms with van der Waals surface area (Å²) in [6.07, 6.45) is 0. The van der Waals surface area contributed by atoms with Gasteiger partial charge in [-0.1, -0.05) is 13.8 Å². The van der Waals surface area contributed by atoms with Crippen LogP contribution in [0.4, 0.5) is 10.1 Å². The third-order valence-corrected chi connectivity index (χ3v) is 3.99. The predicted molar refractivity (Wildman–Crippen MR) is 88.0 cm³/mol. The lowest BCUT2D eigenvalue weighted by atomic mass is 9.90. The van der Waals surface area contributed by atoms with Crippen molar-refractivity contribution in [1.29, 1.82) is 5.26 Å². The molecule has 0 fully saturated rings. The fourth-order valence-corrected chi connectivity index (χ4v) is 1.91. The number of rotatable bonds is 6. The van der Waals surface area contributed by atoms with Gasteiger partial charge in [0.2, 0.25) is 5.91 Å². The minimum Gasteiger partial charge on any atom is -0.465 e. The topological polar surface area (TPSA) is 91.2 Å². The maximum atomic E-state index is 13.9. The Kier molecular flexibility index (Phi) is 6.29. The van der Waals surface area contributed by atoms with E-state index in [1.54, 1.807) is 6.92 Å². The van der Waals surface area contributed by atoms with Crippen LogP contribution in [0.1, 0.15) is 36.7 Å². The average molecular weight is 335 g/mol. The minimum absolute atomic E-state index is 0.0487. The molecule has 0 aliphatic carbocycles. The van der Waals surface area contributed by atoms with Gasteiger partial charge in [0.25, 0.3) is 0 Å². The van der Waals surface area contributed by atoms with Crippen LogP contribution in [0.2, 0.25) is 0 Å². The molecule has 1 aromatic carbocycles. The lowest BCUT2D eigenvalue weighted by Crippen LogP contribution is -2.50. The molecule has 2 N–H and O–H groups in total. The number of anilines is 1. The number of carbonyl (C=O) groups excluding carboxylic acids is 2. The van der Waals surface area contributed by atoms with Crippen molar-refractivity contribution in [3.8, 4) is 6.07 Å². The van der Waals surface area contributed by atoms with Crippen molar-refractivity contribution in [2.24, 2.45) is 5.92 Å². The quantitative estimate of drug-likeness (QED) is 0.779. The summed E-state index contributed by atoms with van der Waals surface area (Å²) in [5.41, 5.74) is -0.351. The van der Waals surface area contributed by atoms with Crippen LogP contribution in [0.3, 0.4) is 0 Å². The van der Waals surface area contributed by atoms with E-state index in [0.717, 1.165) is 6.07 Å². The summed E-state index contributed by atoms with van der Waals surface area (Å²) in [6.45, 7) is 6.67. The lowest BCUT2D eigenvalue weighted by molar-refractivity contribution is -0.121. The Balaban J connectivity index is 2.88. The second-order valence-electron chi connectivity index (χ2n) is 5.99. The van der Waals surface area contributed by atoms with Gasteiger partial charge in [0.05, 0.1) is 25.3 Å². The molecule has 0 spiro atoms. The van der Waals surface area contributed by atoms with E-state index in [2.05, 4.69) is 21.4 Å². The Morgan fingerprint density at radius 1 is 1.42 bits per heavy atom. The van der Waals surface area contributed by atoms with E-state index in [-0.39, 0.29) is 23.6 Å². The largest absolute Gasteiger partial charge is 0.465 e. The smallest absolute Gasteiger partial charge is 0.338 e. The summed E-state index contributed by atoms with van der Waals surface area (Å²) < 4.78 is 18.5. The molecule has 6 nitrogen and oxygen atoms in total. The number of carbonyl (C=O) groups is 2. The van der Waals surface area contributed by atoms with E-state index in [9.17, 15) is 19.2 Å². The molecule has 1 aromatic rings. The average Bonchev–Trinajstić information content (AvgIpc) is 2.54. The number of nitriles is 1. The zero-order chi connectivity index (χ0) is 18.5. The second kappa shape index (κ2) is 7.77. The molecule has 24 heavy (non-hydrogen) atoms. The number of nitrogens with zero attached hydrogens (tertiary/aromatic N) is 1. The Labute approximate surface area is 141 Å². The van der Waals surface area contributed by atoms with Crippen LogP contribution in [-0.2, 0) is 9.53 Å². The van der Waals surface area contributed by atoms with Crippen molar-refractivity contribution in [3.63, 3.8) is 0 Å². The number of hydrogen-bond donors (Lipinski definition) is 2. The molecule has 0 aliphatic rings. The first kappa shape index (κ1) is 19.4. The van der Waals surface area contributed by atoms with E-state index in [0.29, 0.717) is 5.69 Å². The monoisotopic (exact) mass is 335 g/mol. The van der Waals surface area contributed by atoms with E-state index in [1.807, 2.05) is 13.8 Å². The second-order valence-corrected chi connectivity index (χ2v) is 5.99. The van der Waals surface area contributed by atoms with Gasteiger partial charge in [0.1, 0.15) is 11.4 Å². The van der Waals surface area contributed by atoms with E-state index in [1.165, 1.54) is 20.1 Å². The number of nitrogens with one attached hydrogen (secondary N) is 2. The van der Waals surface area contributed by atoms with E-state index >= 15 is 0 Å². The summed E-state index contributed by atoms with van der Waals surface area (Å²) in [6, 6.07) is 4.58. The highest BCUT2D eigenvalue weighted by atomic mass is 19.1. The Hall–Kier alpha value is -2.62. The van der Waals surface area contributed by atoms with Crippen molar-refractivity contribution in [2.45, 2.75) is 33.2 Å². The fraction of sp³-hybridized carbons (Fsp3) is 0.471. The van der Waals surface area contributed by atoms with Crippen LogP contribution >= 0.6 is 0 Å². The number of methoxy groups -OCH3 is 1. The molecule has 1 rings (SSSR count). The molecule has 0 saturated carbocycles. The van der Waals surface area contributed by atoms with Crippen LogP contribution in [0, 0.1) is 30.0 Å². The summed E-state index contributed by atoms with van der Waals surface area (Å²) in [7, 11) is 1.20. The number of ether oxygens (including phenoxy) is 1. The van der Waals surface area contributed by atoms with Gasteiger partial charge in [0.15, 0.2) is 0 Å². The first-order valence-corrected chi connectivity index (χ1v) is 7.49. The molecular formula is C17H22FN3O3. The molecule has 0 bridgehead atoms. The van der Waals surface area contributed by atoms with Crippen LogP contribution in [0.25, 0.3) is 0 Å². The van der Waals surface area contributed by atoms with Gasteiger partial charge in [-0.15, -0.1) is 0 Å². The highest BCUT2D eigenvalue weighted by molar-refractivity contribution is 5.91. The van der Waals surface area contributed by atoms with Crippen molar-refractivity contribution in [3.05, 3.63) is 29.1 Å². The van der Waals surface area contributed by atoms with Gasteiger partial charge in [0, 0.05) is 11.3 Å². The summed E-state index contributed by atoms with van der Waals surface area (Å²) in [5.74, 6) is -1.73. The van der Waals surface area contributed by atoms with Gasteiger partial charge in [-0.05, 0) is 31.9 Å². The molecule has 130 valence electrons. The molecule has 0 aromatic heterocycles. The third kappa shape index (κ3) is 4.44. The Morgan fingerprint density at radius 3 is 2.54 bits per heavy atom. The van der Waals surface area contributed by atoms with Crippen LogP contribution in [0.5, 0.6) is 0 Å². The van der Waals surface area contributed by atoms with Gasteiger partial charge in [-0.25, -0.2) is 9.18 Å². The fourth-order valence-electron chi connectivity index (χ4n) is 1.91. The number of hydrogen-bond acceptors (Lipinski definition) is 5. The van der Waals surface area contributed by atoms with Gasteiger partial charge >= 0.3 is 5.97 Å². The normalized spacial score (nSPS) is 12.9. The molecule has 1 unspecified atom stereocenters. The molecule has 0 aliphatic heterocycles. The highest BCUT2D eigenvalue weighted by Crippen LogP contribution is 2.21. The SMILES string of the molecule is COC(=O)c1cc(F)c(C)c(NCC(=O)NC(C)(C#N)C(C)C)c1. The summed E-state index contributed by atoms with van der Waals surface area (Å²) in [4.78, 5) is 23.6. The van der Waals surface area contributed by atoms with Crippen molar-refractivity contribution < 1.29 is 18.7 Å². The molecule has 7 heteroatoms. The molecule has 0 radical (unpaired) electrons. The van der Waals surface area contributed by atoms with Crippen molar-refractivity contribution in [2.75, 3.05) is 19.0 Å². The number of benzene rings is 1. The number of halogens is 1. The van der Waals surface area contributed by atoms with Gasteiger partial charge in [-0.3, -0.25) is 4.79 Å².